The Labute approximate surface area is 172 Å². The maximum Gasteiger partial charge on any atom is 0.345 e. The molecule has 1 saturated heterocycles. The molecule has 0 amide bonds. The second kappa shape index (κ2) is 8.14. The molecule has 0 saturated carbocycles. The number of carboxylic acid groups (broad SMARTS) is 2. The topological polar surface area (TPSA) is 96.3 Å². The van der Waals surface area contributed by atoms with Gasteiger partial charge in [0.2, 0.25) is 0 Å². The Bertz CT molecular complexity index is 916. The fraction of sp³-hybridized carbons (Fsp3) is 0.429. The van der Waals surface area contributed by atoms with E-state index in [9.17, 15) is 14.7 Å². The smallest absolute Gasteiger partial charge is 0.345 e. The molecule has 1 spiro atoms. The number of likely N-dealkylation sites (tertiary alicyclic amines) is 1. The molecule has 2 aliphatic heterocycles. The largest absolute Gasteiger partial charge is 0.482 e. The number of ether oxygens (including phenoxy) is 2. The number of carbonyl (C=O) groups is 2. The van der Waals surface area contributed by atoms with E-state index in [4.69, 9.17) is 14.6 Å². The van der Waals surface area contributed by atoms with Crippen LogP contribution in [0.3, 0.4) is 0 Å². The summed E-state index contributed by atoms with van der Waals surface area (Å²) < 4.78 is 11.6. The van der Waals surface area contributed by atoms with Crippen LogP contribution >= 0.6 is 11.3 Å². The number of fused-ring (bicyclic) bond motifs is 2. The van der Waals surface area contributed by atoms with E-state index in [0.717, 1.165) is 48.4 Å². The van der Waals surface area contributed by atoms with E-state index in [2.05, 4.69) is 4.90 Å². The summed E-state index contributed by atoms with van der Waals surface area (Å²) in [6.07, 6.45) is 2.37. The Morgan fingerprint density at radius 1 is 1.21 bits per heavy atom. The Hall–Kier alpha value is -2.42. The summed E-state index contributed by atoms with van der Waals surface area (Å²) in [7, 11) is 0. The van der Waals surface area contributed by atoms with Gasteiger partial charge in [0.1, 0.15) is 16.2 Å². The monoisotopic (exact) mass is 417 g/mol. The van der Waals surface area contributed by atoms with E-state index in [1.165, 1.54) is 11.3 Å². The molecule has 29 heavy (non-hydrogen) atoms. The van der Waals surface area contributed by atoms with E-state index in [-0.39, 0.29) is 12.2 Å². The predicted octanol–water partition coefficient (Wildman–Crippen LogP) is 2.97. The number of carboxylic acids is 2. The van der Waals surface area contributed by atoms with Crippen LogP contribution in [0.25, 0.3) is 0 Å². The third kappa shape index (κ3) is 4.14. The lowest BCUT2D eigenvalue weighted by Crippen LogP contribution is -2.45. The molecule has 8 heteroatoms. The van der Waals surface area contributed by atoms with Crippen LogP contribution in [0.15, 0.2) is 30.3 Å². The predicted molar refractivity (Wildman–Crippen MR) is 107 cm³/mol. The van der Waals surface area contributed by atoms with Crippen molar-refractivity contribution in [3.8, 4) is 5.75 Å². The second-order valence-electron chi connectivity index (χ2n) is 7.43. The first-order chi connectivity index (χ1) is 14.0. The van der Waals surface area contributed by atoms with Gasteiger partial charge in [-0.05, 0) is 37.0 Å². The number of thiophene rings is 1. The van der Waals surface area contributed by atoms with Crippen LogP contribution in [-0.4, -0.2) is 53.4 Å². The summed E-state index contributed by atoms with van der Waals surface area (Å²) in [4.78, 5) is 25.9. The minimum Gasteiger partial charge on any atom is -0.482 e. The Morgan fingerprint density at radius 3 is 2.69 bits per heavy atom. The number of aliphatic carboxylic acids is 1. The number of piperidine rings is 1. The van der Waals surface area contributed by atoms with Crippen molar-refractivity contribution in [2.45, 2.75) is 31.4 Å². The minimum absolute atomic E-state index is 0.360. The molecule has 2 aromatic rings. The zero-order valence-electron chi connectivity index (χ0n) is 15.9. The summed E-state index contributed by atoms with van der Waals surface area (Å²) in [5.74, 6) is -1.28. The second-order valence-corrected chi connectivity index (χ2v) is 8.48. The van der Waals surface area contributed by atoms with Gasteiger partial charge in [0.05, 0.1) is 6.61 Å². The lowest BCUT2D eigenvalue weighted by molar-refractivity contribution is -0.139. The lowest BCUT2D eigenvalue weighted by atomic mass is 9.85. The van der Waals surface area contributed by atoms with Crippen LogP contribution < -0.4 is 4.74 Å². The molecule has 154 valence electrons. The number of para-hydroxylation sites is 1. The molecule has 0 bridgehead atoms. The maximum atomic E-state index is 11.4. The molecule has 2 aliphatic rings. The number of hydrogen-bond acceptors (Lipinski definition) is 6. The number of aromatic carboxylic acids is 1. The van der Waals surface area contributed by atoms with Crippen LogP contribution in [0.2, 0.25) is 0 Å². The van der Waals surface area contributed by atoms with Gasteiger partial charge >= 0.3 is 11.9 Å². The van der Waals surface area contributed by atoms with Gasteiger partial charge in [-0.2, -0.15) is 0 Å². The molecule has 1 aromatic carbocycles. The van der Waals surface area contributed by atoms with Crippen molar-refractivity contribution in [2.24, 2.45) is 0 Å². The van der Waals surface area contributed by atoms with Crippen LogP contribution in [0.4, 0.5) is 0 Å². The minimum atomic E-state index is -0.998. The first kappa shape index (κ1) is 19.9. The van der Waals surface area contributed by atoms with Crippen molar-refractivity contribution in [3.63, 3.8) is 0 Å². The summed E-state index contributed by atoms with van der Waals surface area (Å²) >= 11 is 1.35. The molecule has 1 aromatic heterocycles. The number of nitrogens with zero attached hydrogens (tertiary/aromatic N) is 1. The third-order valence-electron chi connectivity index (χ3n) is 5.56. The van der Waals surface area contributed by atoms with Crippen LogP contribution in [0.5, 0.6) is 5.75 Å². The number of rotatable bonds is 6. The van der Waals surface area contributed by atoms with Crippen molar-refractivity contribution >= 4 is 23.3 Å². The van der Waals surface area contributed by atoms with E-state index in [0.29, 0.717) is 23.8 Å². The van der Waals surface area contributed by atoms with Gasteiger partial charge in [0.25, 0.3) is 0 Å². The number of benzene rings is 1. The normalized spacial score (nSPS) is 18.3. The van der Waals surface area contributed by atoms with Crippen molar-refractivity contribution in [1.82, 2.24) is 4.90 Å². The summed E-state index contributed by atoms with van der Waals surface area (Å²) in [5.41, 5.74) is 1.68. The highest BCUT2D eigenvalue weighted by atomic mass is 32.1. The fourth-order valence-corrected chi connectivity index (χ4v) is 5.38. The zero-order valence-corrected chi connectivity index (χ0v) is 16.7. The van der Waals surface area contributed by atoms with Gasteiger partial charge in [-0.15, -0.1) is 11.3 Å². The van der Waals surface area contributed by atoms with Crippen LogP contribution in [0.1, 0.15) is 38.5 Å². The van der Waals surface area contributed by atoms with Gasteiger partial charge in [0, 0.05) is 30.1 Å². The first-order valence-electron chi connectivity index (χ1n) is 9.62. The van der Waals surface area contributed by atoms with Gasteiger partial charge < -0.3 is 19.7 Å². The van der Waals surface area contributed by atoms with Crippen molar-refractivity contribution in [3.05, 3.63) is 51.2 Å². The van der Waals surface area contributed by atoms with E-state index in [1.807, 2.05) is 18.2 Å². The molecule has 4 rings (SSSR count). The molecule has 2 N–H and O–H groups in total. The molecule has 0 atom stereocenters. The Morgan fingerprint density at radius 2 is 1.97 bits per heavy atom. The highest BCUT2D eigenvalue weighted by molar-refractivity contribution is 7.14. The summed E-state index contributed by atoms with van der Waals surface area (Å²) in [5, 5.41) is 18.2. The SMILES string of the molecule is O=C(O)COc1ccccc1CN1CCC2(CC1)OCCc1cc(C(=O)O)sc12. The quantitative estimate of drug-likeness (QED) is 0.746. The highest BCUT2D eigenvalue weighted by Gasteiger charge is 2.42. The average molecular weight is 417 g/mol. The molecule has 7 nitrogen and oxygen atoms in total. The average Bonchev–Trinajstić information content (AvgIpc) is 3.16. The Kier molecular flexibility index (Phi) is 5.58. The standard InChI is InChI=1S/C21H23NO6S/c23-18(24)13-27-16-4-2-1-3-15(16)12-22-8-6-21(7-9-22)19-14(5-10-28-21)11-17(29-19)20(25)26/h1-4,11H,5-10,12-13H2,(H,23,24)(H,25,26). The van der Waals surface area contributed by atoms with Gasteiger partial charge in [0.15, 0.2) is 6.61 Å². The van der Waals surface area contributed by atoms with E-state index >= 15 is 0 Å². The highest BCUT2D eigenvalue weighted by Crippen LogP contribution is 2.45. The molecular formula is C21H23NO6S. The van der Waals surface area contributed by atoms with Gasteiger partial charge in [-0.25, -0.2) is 9.59 Å². The van der Waals surface area contributed by atoms with Crippen LogP contribution in [0, 0.1) is 0 Å². The van der Waals surface area contributed by atoms with Gasteiger partial charge in [-0.1, -0.05) is 18.2 Å². The zero-order chi connectivity index (χ0) is 20.4. The van der Waals surface area contributed by atoms with E-state index in [1.54, 1.807) is 12.1 Å². The molecular weight excluding hydrogens is 394 g/mol. The maximum absolute atomic E-state index is 11.4. The third-order valence-corrected chi connectivity index (χ3v) is 6.92. The number of hydrogen-bond donors (Lipinski definition) is 2. The molecule has 0 radical (unpaired) electrons. The van der Waals surface area contributed by atoms with Gasteiger partial charge in [-0.3, -0.25) is 4.90 Å². The Balaban J connectivity index is 1.45. The van der Waals surface area contributed by atoms with Crippen molar-refractivity contribution in [1.29, 1.82) is 0 Å². The summed E-state index contributed by atoms with van der Waals surface area (Å²) in [6, 6.07) is 9.30. The lowest BCUT2D eigenvalue weighted by Gasteiger charge is -2.43. The molecule has 0 unspecified atom stereocenters. The van der Waals surface area contributed by atoms with Crippen molar-refractivity contribution < 1.29 is 29.3 Å². The van der Waals surface area contributed by atoms with Crippen molar-refractivity contribution in [2.75, 3.05) is 26.3 Å². The van der Waals surface area contributed by atoms with Crippen LogP contribution in [-0.2, 0) is 28.1 Å². The molecule has 1 fully saturated rings. The fourth-order valence-electron chi connectivity index (χ4n) is 4.13. The molecule has 3 heterocycles. The van der Waals surface area contributed by atoms with E-state index < -0.39 is 11.9 Å². The first-order valence-corrected chi connectivity index (χ1v) is 10.4. The summed E-state index contributed by atoms with van der Waals surface area (Å²) in [6.45, 7) is 2.55. The molecule has 0 aliphatic carbocycles.